The summed E-state index contributed by atoms with van der Waals surface area (Å²) in [6.45, 7) is 0. The van der Waals surface area contributed by atoms with E-state index in [-0.39, 0.29) is 0 Å². The van der Waals surface area contributed by atoms with Gasteiger partial charge < -0.3 is 5.32 Å². The zero-order valence-corrected chi connectivity index (χ0v) is 9.00. The number of aromatic nitrogens is 5. The minimum Gasteiger partial charge on any atom is -0.366 e. The molecule has 2 aromatic heterocycles. The molecule has 3 rings (SSSR count). The van der Waals surface area contributed by atoms with Crippen LogP contribution in [0.25, 0.3) is 5.65 Å². The van der Waals surface area contributed by atoms with Crippen molar-refractivity contribution in [2.75, 3.05) is 5.32 Å². The summed E-state index contributed by atoms with van der Waals surface area (Å²) in [6.07, 6.45) is 6.44. The van der Waals surface area contributed by atoms with Crippen LogP contribution in [-0.4, -0.2) is 31.3 Å². The lowest BCUT2D eigenvalue weighted by molar-refractivity contribution is 0.461. The SMILES string of the molecule is c1cc2nnnn2nc1NC1CCCCC1. The van der Waals surface area contributed by atoms with Crippen LogP contribution >= 0.6 is 0 Å². The first-order valence-electron chi connectivity index (χ1n) is 5.74. The van der Waals surface area contributed by atoms with E-state index in [1.165, 1.54) is 36.7 Å². The second-order valence-electron chi connectivity index (χ2n) is 4.22. The van der Waals surface area contributed by atoms with Crippen molar-refractivity contribution in [3.63, 3.8) is 0 Å². The standard InChI is InChI=1S/C10H14N6/c1-2-4-8(5-3-1)11-9-6-7-10-12-14-15-16(10)13-9/h6-8H,1-5H2,(H,11,13). The van der Waals surface area contributed by atoms with Crippen molar-refractivity contribution >= 4 is 11.5 Å². The van der Waals surface area contributed by atoms with E-state index in [2.05, 4.69) is 25.9 Å². The molecule has 0 radical (unpaired) electrons. The fourth-order valence-corrected chi connectivity index (χ4v) is 2.18. The second-order valence-corrected chi connectivity index (χ2v) is 4.22. The largest absolute Gasteiger partial charge is 0.366 e. The van der Waals surface area contributed by atoms with Gasteiger partial charge in [0.25, 0.3) is 0 Å². The third-order valence-corrected chi connectivity index (χ3v) is 3.03. The number of hydrogen-bond acceptors (Lipinski definition) is 5. The number of nitrogens with zero attached hydrogens (tertiary/aromatic N) is 5. The third kappa shape index (κ3) is 1.82. The van der Waals surface area contributed by atoms with E-state index in [9.17, 15) is 0 Å². The Kier molecular flexibility index (Phi) is 2.40. The number of tetrazole rings is 1. The van der Waals surface area contributed by atoms with E-state index < -0.39 is 0 Å². The van der Waals surface area contributed by atoms with E-state index in [1.807, 2.05) is 12.1 Å². The average Bonchev–Trinajstić information content (AvgIpc) is 2.77. The van der Waals surface area contributed by atoms with Crippen LogP contribution in [0.1, 0.15) is 32.1 Å². The Morgan fingerprint density at radius 3 is 2.94 bits per heavy atom. The van der Waals surface area contributed by atoms with Gasteiger partial charge in [0, 0.05) is 6.04 Å². The summed E-state index contributed by atoms with van der Waals surface area (Å²) in [5, 5.41) is 18.9. The van der Waals surface area contributed by atoms with Crippen molar-refractivity contribution in [2.24, 2.45) is 0 Å². The Morgan fingerprint density at radius 1 is 1.19 bits per heavy atom. The van der Waals surface area contributed by atoms with Crippen molar-refractivity contribution in [1.82, 2.24) is 25.3 Å². The highest BCUT2D eigenvalue weighted by Crippen LogP contribution is 2.20. The highest BCUT2D eigenvalue weighted by molar-refractivity contribution is 5.42. The Bertz CT molecular complexity index is 473. The lowest BCUT2D eigenvalue weighted by Gasteiger charge is -2.22. The van der Waals surface area contributed by atoms with Crippen molar-refractivity contribution in [3.8, 4) is 0 Å². The molecule has 1 fully saturated rings. The zero-order chi connectivity index (χ0) is 10.8. The molecule has 1 saturated carbocycles. The van der Waals surface area contributed by atoms with Crippen molar-refractivity contribution in [2.45, 2.75) is 38.1 Å². The van der Waals surface area contributed by atoms with Gasteiger partial charge in [-0.25, -0.2) is 0 Å². The van der Waals surface area contributed by atoms with E-state index in [4.69, 9.17) is 0 Å². The van der Waals surface area contributed by atoms with Gasteiger partial charge in [-0.15, -0.1) is 14.8 Å². The molecule has 84 valence electrons. The van der Waals surface area contributed by atoms with Gasteiger partial charge in [-0.3, -0.25) is 0 Å². The van der Waals surface area contributed by atoms with E-state index in [1.54, 1.807) is 0 Å². The smallest absolute Gasteiger partial charge is 0.200 e. The molecule has 1 aliphatic carbocycles. The Labute approximate surface area is 93.0 Å². The minimum atomic E-state index is 0.551. The van der Waals surface area contributed by atoms with Gasteiger partial charge in [0.2, 0.25) is 0 Å². The van der Waals surface area contributed by atoms with Crippen molar-refractivity contribution in [3.05, 3.63) is 12.1 Å². The van der Waals surface area contributed by atoms with Crippen LogP contribution in [0.15, 0.2) is 12.1 Å². The molecule has 6 heteroatoms. The number of fused-ring (bicyclic) bond motifs is 1. The molecule has 2 aromatic rings. The lowest BCUT2D eigenvalue weighted by atomic mass is 9.95. The fourth-order valence-electron chi connectivity index (χ4n) is 2.18. The second kappa shape index (κ2) is 4.03. The van der Waals surface area contributed by atoms with Crippen LogP contribution < -0.4 is 5.32 Å². The summed E-state index contributed by atoms with van der Waals surface area (Å²) >= 11 is 0. The van der Waals surface area contributed by atoms with Gasteiger partial charge in [0.15, 0.2) is 5.65 Å². The van der Waals surface area contributed by atoms with Crippen LogP contribution in [0.5, 0.6) is 0 Å². The topological polar surface area (TPSA) is 68.0 Å². The van der Waals surface area contributed by atoms with Crippen LogP contribution in [0.4, 0.5) is 5.82 Å². The maximum absolute atomic E-state index is 4.30. The lowest BCUT2D eigenvalue weighted by Crippen LogP contribution is -2.23. The third-order valence-electron chi connectivity index (χ3n) is 3.03. The first kappa shape index (κ1) is 9.50. The number of anilines is 1. The summed E-state index contributed by atoms with van der Waals surface area (Å²) in [5.74, 6) is 0.853. The van der Waals surface area contributed by atoms with Crippen LogP contribution in [0.3, 0.4) is 0 Å². The van der Waals surface area contributed by atoms with Gasteiger partial charge in [0.05, 0.1) is 0 Å². The van der Waals surface area contributed by atoms with Crippen LogP contribution in [0, 0.1) is 0 Å². The quantitative estimate of drug-likeness (QED) is 0.822. The highest BCUT2D eigenvalue weighted by atomic mass is 15.6. The summed E-state index contributed by atoms with van der Waals surface area (Å²) in [7, 11) is 0. The monoisotopic (exact) mass is 218 g/mol. The maximum atomic E-state index is 4.30. The number of nitrogens with one attached hydrogen (secondary N) is 1. The molecule has 0 aromatic carbocycles. The van der Waals surface area contributed by atoms with E-state index in [0.717, 1.165) is 5.82 Å². The predicted octanol–water partition coefficient (Wildman–Crippen LogP) is 1.26. The Balaban J connectivity index is 1.77. The molecular weight excluding hydrogens is 204 g/mol. The molecule has 0 aliphatic heterocycles. The first-order valence-corrected chi connectivity index (χ1v) is 5.74. The van der Waals surface area contributed by atoms with Gasteiger partial charge in [-0.2, -0.15) is 0 Å². The molecule has 1 N–H and O–H groups in total. The summed E-state index contributed by atoms with van der Waals surface area (Å²) in [4.78, 5) is 0. The molecule has 0 atom stereocenters. The molecule has 6 nitrogen and oxygen atoms in total. The van der Waals surface area contributed by atoms with Gasteiger partial charge in [-0.05, 0) is 35.4 Å². The van der Waals surface area contributed by atoms with E-state index in [0.29, 0.717) is 11.7 Å². The van der Waals surface area contributed by atoms with Crippen LogP contribution in [-0.2, 0) is 0 Å². The minimum absolute atomic E-state index is 0.551. The summed E-state index contributed by atoms with van der Waals surface area (Å²) in [5.41, 5.74) is 0.675. The zero-order valence-electron chi connectivity index (χ0n) is 9.00. The maximum Gasteiger partial charge on any atom is 0.200 e. The number of rotatable bonds is 2. The average molecular weight is 218 g/mol. The highest BCUT2D eigenvalue weighted by Gasteiger charge is 2.13. The molecule has 0 spiro atoms. The number of hydrogen-bond donors (Lipinski definition) is 1. The fraction of sp³-hybridized carbons (Fsp3) is 0.600. The predicted molar refractivity (Wildman–Crippen MR) is 59.1 cm³/mol. The Morgan fingerprint density at radius 2 is 2.06 bits per heavy atom. The molecule has 1 aliphatic rings. The summed E-state index contributed by atoms with van der Waals surface area (Å²) < 4.78 is 1.45. The molecular formula is C10H14N6. The molecule has 16 heavy (non-hydrogen) atoms. The van der Waals surface area contributed by atoms with Gasteiger partial charge in [0.1, 0.15) is 5.82 Å². The van der Waals surface area contributed by atoms with Gasteiger partial charge >= 0.3 is 0 Å². The Hall–Kier alpha value is -1.72. The molecule has 2 heterocycles. The van der Waals surface area contributed by atoms with Crippen LogP contribution in [0.2, 0.25) is 0 Å². The molecule has 0 bridgehead atoms. The summed E-state index contributed by atoms with van der Waals surface area (Å²) in [6, 6.07) is 4.36. The van der Waals surface area contributed by atoms with Crippen molar-refractivity contribution < 1.29 is 0 Å². The molecule has 0 saturated heterocycles. The van der Waals surface area contributed by atoms with Gasteiger partial charge in [-0.1, -0.05) is 19.3 Å². The molecule has 0 unspecified atom stereocenters. The molecule has 0 amide bonds. The van der Waals surface area contributed by atoms with Crippen molar-refractivity contribution in [1.29, 1.82) is 0 Å². The first-order chi connectivity index (χ1) is 7.92. The van der Waals surface area contributed by atoms with E-state index >= 15 is 0 Å². The normalized spacial score (nSPS) is 17.8.